The van der Waals surface area contributed by atoms with Gasteiger partial charge in [0.05, 0.1) is 12.0 Å². The highest BCUT2D eigenvalue weighted by molar-refractivity contribution is 5.72. The average Bonchev–Trinajstić information content (AvgIpc) is 2.39. The molecule has 0 heterocycles. The Morgan fingerprint density at radius 2 is 1.68 bits per heavy atom. The predicted molar refractivity (Wildman–Crippen MR) is 64.6 cm³/mol. The van der Waals surface area contributed by atoms with E-state index in [0.29, 0.717) is 0 Å². The van der Waals surface area contributed by atoms with Crippen LogP contribution in [0, 0.1) is 23.2 Å². The zero-order valence-electron chi connectivity index (χ0n) is 10.9. The molecule has 0 aromatic heterocycles. The SMILES string of the molecule is N#CC1C(F)CC(OC(=O)C2CCCCC2)CC1F. The first-order chi connectivity index (χ1) is 9.11. The summed E-state index contributed by atoms with van der Waals surface area (Å²) < 4.78 is 32.4. The van der Waals surface area contributed by atoms with Gasteiger partial charge in [-0.25, -0.2) is 8.78 Å². The van der Waals surface area contributed by atoms with Gasteiger partial charge in [-0.1, -0.05) is 19.3 Å². The van der Waals surface area contributed by atoms with Crippen molar-refractivity contribution >= 4 is 5.97 Å². The van der Waals surface area contributed by atoms with E-state index in [0.717, 1.165) is 32.1 Å². The van der Waals surface area contributed by atoms with Crippen LogP contribution in [0.2, 0.25) is 0 Å². The van der Waals surface area contributed by atoms with Gasteiger partial charge in [-0.15, -0.1) is 0 Å². The van der Waals surface area contributed by atoms with Gasteiger partial charge in [0.25, 0.3) is 0 Å². The Balaban J connectivity index is 1.86. The van der Waals surface area contributed by atoms with Gasteiger partial charge in [0.15, 0.2) is 0 Å². The number of hydrogen-bond acceptors (Lipinski definition) is 3. The van der Waals surface area contributed by atoms with E-state index in [1.165, 1.54) is 0 Å². The summed E-state index contributed by atoms with van der Waals surface area (Å²) >= 11 is 0. The number of ether oxygens (including phenoxy) is 1. The molecule has 2 aliphatic carbocycles. The molecule has 0 aliphatic heterocycles. The minimum atomic E-state index is -1.54. The van der Waals surface area contributed by atoms with Gasteiger partial charge in [0.2, 0.25) is 0 Å². The Kier molecular flexibility index (Phi) is 4.73. The smallest absolute Gasteiger partial charge is 0.309 e. The summed E-state index contributed by atoms with van der Waals surface area (Å²) in [6, 6.07) is 1.65. The van der Waals surface area contributed by atoms with Gasteiger partial charge in [-0.3, -0.25) is 4.79 Å². The maximum Gasteiger partial charge on any atom is 0.309 e. The number of alkyl halides is 2. The number of nitrogens with zero attached hydrogens (tertiary/aromatic N) is 1. The van der Waals surface area contributed by atoms with Gasteiger partial charge in [0, 0.05) is 12.8 Å². The quantitative estimate of drug-likeness (QED) is 0.725. The van der Waals surface area contributed by atoms with Crippen molar-refractivity contribution < 1.29 is 18.3 Å². The van der Waals surface area contributed by atoms with Crippen LogP contribution in [-0.2, 0) is 9.53 Å². The standard InChI is InChI=1S/C14H19F2NO2/c15-12-6-10(7-13(16)11(12)8-17)19-14(18)9-4-2-1-3-5-9/h9-13H,1-7H2. The van der Waals surface area contributed by atoms with E-state index in [1.807, 2.05) is 0 Å². The lowest BCUT2D eigenvalue weighted by molar-refractivity contribution is -0.159. The van der Waals surface area contributed by atoms with E-state index >= 15 is 0 Å². The third-order valence-electron chi connectivity index (χ3n) is 4.13. The molecular formula is C14H19F2NO2. The Morgan fingerprint density at radius 1 is 1.11 bits per heavy atom. The molecule has 0 aromatic rings. The molecule has 2 unspecified atom stereocenters. The predicted octanol–water partition coefficient (Wildman–Crippen LogP) is 3.09. The van der Waals surface area contributed by atoms with Crippen LogP contribution in [0.4, 0.5) is 8.78 Å². The molecule has 19 heavy (non-hydrogen) atoms. The molecule has 106 valence electrons. The van der Waals surface area contributed by atoms with Crippen molar-refractivity contribution in [2.24, 2.45) is 11.8 Å². The van der Waals surface area contributed by atoms with Crippen LogP contribution in [0.15, 0.2) is 0 Å². The molecule has 0 bridgehead atoms. The highest BCUT2D eigenvalue weighted by atomic mass is 19.1. The summed E-state index contributed by atoms with van der Waals surface area (Å²) in [6.45, 7) is 0. The van der Waals surface area contributed by atoms with E-state index in [4.69, 9.17) is 10.00 Å². The zero-order valence-corrected chi connectivity index (χ0v) is 10.9. The largest absolute Gasteiger partial charge is 0.462 e. The molecule has 0 N–H and O–H groups in total. The molecule has 2 saturated carbocycles. The molecular weight excluding hydrogens is 252 g/mol. The summed E-state index contributed by atoms with van der Waals surface area (Å²) in [4.78, 5) is 11.9. The van der Waals surface area contributed by atoms with E-state index in [2.05, 4.69) is 0 Å². The maximum absolute atomic E-state index is 13.6. The van der Waals surface area contributed by atoms with E-state index in [9.17, 15) is 13.6 Å². The van der Waals surface area contributed by atoms with Crippen LogP contribution < -0.4 is 0 Å². The third-order valence-corrected chi connectivity index (χ3v) is 4.13. The van der Waals surface area contributed by atoms with Crippen molar-refractivity contribution in [3.8, 4) is 6.07 Å². The van der Waals surface area contributed by atoms with Gasteiger partial charge in [-0.2, -0.15) is 5.26 Å². The zero-order chi connectivity index (χ0) is 13.8. The normalized spacial score (nSPS) is 36.5. The van der Waals surface area contributed by atoms with Gasteiger partial charge >= 0.3 is 5.97 Å². The number of carbonyl (C=O) groups is 1. The van der Waals surface area contributed by atoms with Crippen LogP contribution in [0.1, 0.15) is 44.9 Å². The van der Waals surface area contributed by atoms with Crippen LogP contribution in [-0.4, -0.2) is 24.4 Å². The number of esters is 1. The first kappa shape index (κ1) is 14.2. The van der Waals surface area contributed by atoms with Crippen molar-refractivity contribution in [2.45, 2.75) is 63.4 Å². The molecule has 0 amide bonds. The molecule has 3 nitrogen and oxygen atoms in total. The molecule has 2 atom stereocenters. The minimum absolute atomic E-state index is 0.0584. The molecule has 0 saturated heterocycles. The lowest BCUT2D eigenvalue weighted by Crippen LogP contribution is -2.40. The average molecular weight is 271 g/mol. The molecule has 5 heteroatoms. The fourth-order valence-corrected chi connectivity index (χ4v) is 2.98. The number of hydrogen-bond donors (Lipinski definition) is 0. The topological polar surface area (TPSA) is 50.1 Å². The maximum atomic E-state index is 13.6. The van der Waals surface area contributed by atoms with Gasteiger partial charge < -0.3 is 4.74 Å². The first-order valence-electron chi connectivity index (χ1n) is 7.00. The lowest BCUT2D eigenvalue weighted by Gasteiger charge is -2.31. The van der Waals surface area contributed by atoms with Crippen LogP contribution in [0.5, 0.6) is 0 Å². The van der Waals surface area contributed by atoms with Crippen LogP contribution >= 0.6 is 0 Å². The highest BCUT2D eigenvalue weighted by Gasteiger charge is 2.40. The van der Waals surface area contributed by atoms with Crippen molar-refractivity contribution in [3.63, 3.8) is 0 Å². The van der Waals surface area contributed by atoms with E-state index in [1.54, 1.807) is 6.07 Å². The fourth-order valence-electron chi connectivity index (χ4n) is 2.98. The monoisotopic (exact) mass is 271 g/mol. The Labute approximate surface area is 111 Å². The molecule has 0 radical (unpaired) electrons. The van der Waals surface area contributed by atoms with Gasteiger partial charge in [0.1, 0.15) is 24.4 Å². The second kappa shape index (κ2) is 6.31. The first-order valence-corrected chi connectivity index (χ1v) is 7.00. The van der Waals surface area contributed by atoms with Crippen molar-refractivity contribution in [2.75, 3.05) is 0 Å². The second-order valence-corrected chi connectivity index (χ2v) is 5.55. The second-order valence-electron chi connectivity index (χ2n) is 5.55. The van der Waals surface area contributed by atoms with Crippen LogP contribution in [0.3, 0.4) is 0 Å². The van der Waals surface area contributed by atoms with Crippen molar-refractivity contribution in [1.82, 2.24) is 0 Å². The molecule has 2 aliphatic rings. The Hall–Kier alpha value is -1.18. The number of halogens is 2. The fraction of sp³-hybridized carbons (Fsp3) is 0.857. The summed E-state index contributed by atoms with van der Waals surface area (Å²) in [5.74, 6) is -1.65. The summed E-state index contributed by atoms with van der Waals surface area (Å²) in [7, 11) is 0. The summed E-state index contributed by atoms with van der Waals surface area (Å²) in [5.41, 5.74) is 0. The molecule has 2 rings (SSSR count). The molecule has 0 aromatic carbocycles. The molecule has 2 fully saturated rings. The number of carbonyl (C=O) groups excluding carboxylic acids is 1. The summed E-state index contributed by atoms with van der Waals surface area (Å²) in [5, 5.41) is 8.67. The number of rotatable bonds is 2. The lowest BCUT2D eigenvalue weighted by atomic mass is 9.84. The Bertz CT molecular complexity index is 351. The van der Waals surface area contributed by atoms with E-state index in [-0.39, 0.29) is 24.7 Å². The van der Waals surface area contributed by atoms with Crippen molar-refractivity contribution in [3.05, 3.63) is 0 Å². The third kappa shape index (κ3) is 3.43. The summed E-state index contributed by atoms with van der Waals surface area (Å²) in [6.07, 6.45) is 0.857. The van der Waals surface area contributed by atoms with Crippen molar-refractivity contribution in [1.29, 1.82) is 5.26 Å². The van der Waals surface area contributed by atoms with Gasteiger partial charge in [-0.05, 0) is 12.8 Å². The highest BCUT2D eigenvalue weighted by Crippen LogP contribution is 2.32. The van der Waals surface area contributed by atoms with Crippen LogP contribution in [0.25, 0.3) is 0 Å². The number of nitriles is 1. The van der Waals surface area contributed by atoms with E-state index < -0.39 is 24.4 Å². The molecule has 0 spiro atoms. The minimum Gasteiger partial charge on any atom is -0.462 e. The Morgan fingerprint density at radius 3 is 2.21 bits per heavy atom.